The summed E-state index contributed by atoms with van der Waals surface area (Å²) in [6.45, 7) is 6.30. The summed E-state index contributed by atoms with van der Waals surface area (Å²) in [5.74, 6) is -0.193. The minimum Gasteiger partial charge on any atom is -0.355 e. The Kier molecular flexibility index (Phi) is 5.06. The third kappa shape index (κ3) is 3.76. The second kappa shape index (κ2) is 7.27. The molecule has 2 amide bonds. The van der Waals surface area contributed by atoms with Crippen LogP contribution in [0.25, 0.3) is 11.3 Å². The van der Waals surface area contributed by atoms with Crippen LogP contribution in [0.15, 0.2) is 34.9 Å². The first kappa shape index (κ1) is 18.1. The van der Waals surface area contributed by atoms with Crippen molar-refractivity contribution in [3.05, 3.63) is 41.8 Å². The summed E-state index contributed by atoms with van der Waals surface area (Å²) in [5, 5.41) is 6.76. The van der Waals surface area contributed by atoms with Gasteiger partial charge in [-0.1, -0.05) is 19.0 Å². The Balaban J connectivity index is 1.84. The molecular formula is C19H22FN3O3. The molecule has 138 valence electrons. The molecule has 2 atom stereocenters. The molecule has 1 aromatic heterocycles. The Morgan fingerprint density at radius 1 is 1.38 bits per heavy atom. The fourth-order valence-electron chi connectivity index (χ4n) is 3.13. The number of amides is 2. The molecule has 1 N–H and O–H groups in total. The molecule has 3 rings (SSSR count). The zero-order chi connectivity index (χ0) is 18.8. The molecule has 26 heavy (non-hydrogen) atoms. The number of carbonyl (C=O) groups is 2. The lowest BCUT2D eigenvalue weighted by Crippen LogP contribution is -2.61. The fraction of sp³-hybridized carbons (Fsp3) is 0.421. The standard InChI is InChI=1S/C19H22FN3O3/c1-11(2)8-16-18(24)21-12(3)10-23(16)19(25)15-9-17(26-22-15)13-4-6-14(20)7-5-13/h4-7,9,11-12,16H,8,10H2,1-3H3,(H,21,24). The zero-order valence-corrected chi connectivity index (χ0v) is 15.0. The van der Waals surface area contributed by atoms with E-state index in [2.05, 4.69) is 10.5 Å². The highest BCUT2D eigenvalue weighted by molar-refractivity contribution is 5.97. The summed E-state index contributed by atoms with van der Waals surface area (Å²) in [5.41, 5.74) is 0.765. The molecule has 2 unspecified atom stereocenters. The number of piperazine rings is 1. The van der Waals surface area contributed by atoms with Gasteiger partial charge in [-0.2, -0.15) is 0 Å². The number of nitrogens with zero attached hydrogens (tertiary/aromatic N) is 2. The number of carbonyl (C=O) groups excluding carboxylic acids is 2. The Morgan fingerprint density at radius 2 is 2.08 bits per heavy atom. The van der Waals surface area contributed by atoms with Gasteiger partial charge in [-0.05, 0) is 43.5 Å². The van der Waals surface area contributed by atoms with E-state index in [1.807, 2.05) is 20.8 Å². The molecule has 0 bridgehead atoms. The molecule has 0 saturated carbocycles. The van der Waals surface area contributed by atoms with Crippen LogP contribution < -0.4 is 5.32 Å². The summed E-state index contributed by atoms with van der Waals surface area (Å²) >= 11 is 0. The molecule has 7 heteroatoms. The molecule has 2 aromatic rings. The summed E-state index contributed by atoms with van der Waals surface area (Å²) < 4.78 is 18.3. The maximum absolute atomic E-state index is 13.1. The third-order valence-electron chi connectivity index (χ3n) is 4.35. The molecular weight excluding hydrogens is 337 g/mol. The van der Waals surface area contributed by atoms with Crippen molar-refractivity contribution < 1.29 is 18.5 Å². The smallest absolute Gasteiger partial charge is 0.276 e. The molecule has 1 fully saturated rings. The van der Waals surface area contributed by atoms with Crippen LogP contribution >= 0.6 is 0 Å². The van der Waals surface area contributed by atoms with Gasteiger partial charge in [-0.15, -0.1) is 0 Å². The van der Waals surface area contributed by atoms with E-state index >= 15 is 0 Å². The Bertz CT molecular complexity index is 801. The van der Waals surface area contributed by atoms with Crippen molar-refractivity contribution in [3.8, 4) is 11.3 Å². The number of benzene rings is 1. The quantitative estimate of drug-likeness (QED) is 0.911. The van der Waals surface area contributed by atoms with E-state index in [0.29, 0.717) is 24.3 Å². The molecule has 6 nitrogen and oxygen atoms in total. The molecule has 0 radical (unpaired) electrons. The van der Waals surface area contributed by atoms with Crippen molar-refractivity contribution in [2.45, 2.75) is 39.3 Å². The second-order valence-corrected chi connectivity index (χ2v) is 7.10. The van der Waals surface area contributed by atoms with Gasteiger partial charge in [0.25, 0.3) is 5.91 Å². The van der Waals surface area contributed by atoms with Crippen molar-refractivity contribution in [3.63, 3.8) is 0 Å². The molecule has 1 aromatic carbocycles. The van der Waals surface area contributed by atoms with Crippen LogP contribution in [-0.4, -0.2) is 40.5 Å². The Labute approximate surface area is 151 Å². The highest BCUT2D eigenvalue weighted by Crippen LogP contribution is 2.23. The summed E-state index contributed by atoms with van der Waals surface area (Å²) in [4.78, 5) is 26.9. The second-order valence-electron chi connectivity index (χ2n) is 7.10. The lowest BCUT2D eigenvalue weighted by atomic mass is 9.98. The SMILES string of the molecule is CC(C)CC1C(=O)NC(C)CN1C(=O)c1cc(-c2ccc(F)cc2)on1. The van der Waals surface area contributed by atoms with Crippen molar-refractivity contribution in [1.29, 1.82) is 0 Å². The van der Waals surface area contributed by atoms with Gasteiger partial charge in [0.05, 0.1) is 0 Å². The number of hydrogen-bond acceptors (Lipinski definition) is 4. The number of rotatable bonds is 4. The Hall–Kier alpha value is -2.70. The molecule has 1 saturated heterocycles. The summed E-state index contributed by atoms with van der Waals surface area (Å²) in [6, 6.07) is 6.62. The third-order valence-corrected chi connectivity index (χ3v) is 4.35. The van der Waals surface area contributed by atoms with Crippen LogP contribution in [0, 0.1) is 11.7 Å². The number of aromatic nitrogens is 1. The molecule has 1 aliphatic rings. The number of hydrogen-bond donors (Lipinski definition) is 1. The highest BCUT2D eigenvalue weighted by Gasteiger charge is 2.37. The van der Waals surface area contributed by atoms with Gasteiger partial charge in [-0.3, -0.25) is 9.59 Å². The average molecular weight is 359 g/mol. The lowest BCUT2D eigenvalue weighted by molar-refractivity contribution is -0.129. The molecule has 0 spiro atoms. The van der Waals surface area contributed by atoms with E-state index in [1.165, 1.54) is 18.2 Å². The van der Waals surface area contributed by atoms with Crippen molar-refractivity contribution in [1.82, 2.24) is 15.4 Å². The van der Waals surface area contributed by atoms with Crippen LogP contribution in [0.2, 0.25) is 0 Å². The van der Waals surface area contributed by atoms with Crippen LogP contribution in [0.5, 0.6) is 0 Å². The van der Waals surface area contributed by atoms with E-state index in [-0.39, 0.29) is 35.3 Å². The van der Waals surface area contributed by atoms with Crippen molar-refractivity contribution >= 4 is 11.8 Å². The van der Waals surface area contributed by atoms with Gasteiger partial charge < -0.3 is 14.7 Å². The normalized spacial score (nSPS) is 20.3. The minimum atomic E-state index is -0.523. The van der Waals surface area contributed by atoms with E-state index in [9.17, 15) is 14.0 Å². The predicted octanol–water partition coefficient (Wildman–Crippen LogP) is 2.86. The first-order valence-electron chi connectivity index (χ1n) is 8.69. The van der Waals surface area contributed by atoms with Gasteiger partial charge >= 0.3 is 0 Å². The van der Waals surface area contributed by atoms with E-state index < -0.39 is 6.04 Å². The highest BCUT2D eigenvalue weighted by atomic mass is 19.1. The average Bonchev–Trinajstić information content (AvgIpc) is 3.07. The van der Waals surface area contributed by atoms with Gasteiger partial charge in [0, 0.05) is 24.2 Å². The molecule has 0 aliphatic carbocycles. The largest absolute Gasteiger partial charge is 0.355 e. The molecule has 2 heterocycles. The van der Waals surface area contributed by atoms with Gasteiger partial charge in [0.2, 0.25) is 5.91 Å². The summed E-state index contributed by atoms with van der Waals surface area (Å²) in [7, 11) is 0. The van der Waals surface area contributed by atoms with Crippen molar-refractivity contribution in [2.75, 3.05) is 6.54 Å². The van der Waals surface area contributed by atoms with E-state index in [0.717, 1.165) is 0 Å². The van der Waals surface area contributed by atoms with Gasteiger partial charge in [-0.25, -0.2) is 4.39 Å². The maximum atomic E-state index is 13.1. The first-order valence-corrected chi connectivity index (χ1v) is 8.69. The minimum absolute atomic E-state index is 0.127. The molecule has 1 aliphatic heterocycles. The number of nitrogens with one attached hydrogen (secondary N) is 1. The van der Waals surface area contributed by atoms with Gasteiger partial charge in [0.1, 0.15) is 11.9 Å². The topological polar surface area (TPSA) is 75.4 Å². The zero-order valence-electron chi connectivity index (χ0n) is 15.0. The van der Waals surface area contributed by atoms with Crippen LogP contribution in [0.3, 0.4) is 0 Å². The summed E-state index contributed by atoms with van der Waals surface area (Å²) in [6.07, 6.45) is 0.576. The van der Waals surface area contributed by atoms with Crippen molar-refractivity contribution in [2.24, 2.45) is 5.92 Å². The van der Waals surface area contributed by atoms with Gasteiger partial charge in [0.15, 0.2) is 11.5 Å². The van der Waals surface area contributed by atoms with E-state index in [1.54, 1.807) is 17.0 Å². The maximum Gasteiger partial charge on any atom is 0.276 e. The van der Waals surface area contributed by atoms with Crippen LogP contribution in [-0.2, 0) is 4.79 Å². The lowest BCUT2D eigenvalue weighted by Gasteiger charge is -2.38. The Morgan fingerprint density at radius 3 is 2.73 bits per heavy atom. The van der Waals surface area contributed by atoms with Crippen LogP contribution in [0.4, 0.5) is 4.39 Å². The van der Waals surface area contributed by atoms with Crippen LogP contribution in [0.1, 0.15) is 37.7 Å². The number of halogens is 1. The predicted molar refractivity (Wildman–Crippen MR) is 93.8 cm³/mol. The van der Waals surface area contributed by atoms with E-state index in [4.69, 9.17) is 4.52 Å². The monoisotopic (exact) mass is 359 g/mol. The fourth-order valence-corrected chi connectivity index (χ4v) is 3.13. The first-order chi connectivity index (χ1) is 12.3.